The van der Waals surface area contributed by atoms with Gasteiger partial charge in [-0.1, -0.05) is 43.3 Å². The molecule has 150 valence electrons. The van der Waals surface area contributed by atoms with Crippen LogP contribution in [0.25, 0.3) is 16.3 Å². The Hall–Kier alpha value is -3.72. The van der Waals surface area contributed by atoms with Crippen molar-refractivity contribution in [2.75, 3.05) is 0 Å². The summed E-state index contributed by atoms with van der Waals surface area (Å²) in [5, 5.41) is 17.9. The zero-order chi connectivity index (χ0) is 20.9. The Bertz CT molecular complexity index is 1180. The second-order valence-electron chi connectivity index (χ2n) is 6.53. The number of carbonyl (C=O) groups excluding carboxylic acids is 1. The molecule has 30 heavy (non-hydrogen) atoms. The number of nitrogens with zero attached hydrogens (tertiary/aromatic N) is 6. The van der Waals surface area contributed by atoms with Crippen LogP contribution >= 0.6 is 11.3 Å². The minimum atomic E-state index is -0.348. The van der Waals surface area contributed by atoms with E-state index in [-0.39, 0.29) is 5.91 Å². The number of thiazole rings is 1. The van der Waals surface area contributed by atoms with Crippen molar-refractivity contribution in [3.05, 3.63) is 77.1 Å². The number of benzene rings is 2. The van der Waals surface area contributed by atoms with Crippen molar-refractivity contribution >= 4 is 23.0 Å². The van der Waals surface area contributed by atoms with Gasteiger partial charge in [0.1, 0.15) is 17.0 Å². The van der Waals surface area contributed by atoms with Gasteiger partial charge in [-0.3, -0.25) is 4.79 Å². The van der Waals surface area contributed by atoms with Gasteiger partial charge in [0, 0.05) is 10.9 Å². The van der Waals surface area contributed by atoms with Gasteiger partial charge in [0.2, 0.25) is 0 Å². The smallest absolute Gasteiger partial charge is 0.266 e. The molecule has 0 aliphatic carbocycles. The van der Waals surface area contributed by atoms with Crippen LogP contribution in [0.4, 0.5) is 0 Å². The Kier molecular flexibility index (Phi) is 5.71. The molecular weight excluding hydrogens is 398 g/mol. The summed E-state index contributed by atoms with van der Waals surface area (Å²) in [5.41, 5.74) is 7.49. The highest BCUT2D eigenvalue weighted by Gasteiger charge is 2.12. The summed E-state index contributed by atoms with van der Waals surface area (Å²) < 4.78 is 1.55. The Morgan fingerprint density at radius 2 is 2.03 bits per heavy atom. The number of aromatic nitrogens is 5. The van der Waals surface area contributed by atoms with Crippen LogP contribution in [0.2, 0.25) is 0 Å². The molecule has 1 N–H and O–H groups in total. The molecule has 1 amide bonds. The highest BCUT2D eigenvalue weighted by atomic mass is 32.1. The van der Waals surface area contributed by atoms with E-state index in [0.717, 1.165) is 28.2 Å². The Balaban J connectivity index is 1.46. The second-order valence-corrected chi connectivity index (χ2v) is 7.39. The molecule has 0 aliphatic rings. The average molecular weight is 417 g/mol. The summed E-state index contributed by atoms with van der Waals surface area (Å²) in [6, 6.07) is 15.8. The minimum Gasteiger partial charge on any atom is -0.266 e. The number of tetrazole rings is 1. The minimum absolute atomic E-state index is 0.341. The highest BCUT2D eigenvalue weighted by molar-refractivity contribution is 7.13. The van der Waals surface area contributed by atoms with Gasteiger partial charge in [0.05, 0.1) is 11.4 Å². The predicted octanol–water partition coefficient (Wildman–Crippen LogP) is 3.50. The predicted molar refractivity (Wildman–Crippen MR) is 116 cm³/mol. The number of amides is 1. The first-order chi connectivity index (χ1) is 14.6. The van der Waals surface area contributed by atoms with Gasteiger partial charge in [0.15, 0.2) is 0 Å². The summed E-state index contributed by atoms with van der Waals surface area (Å²) in [6.07, 6.45) is 2.50. The third-order valence-electron chi connectivity index (χ3n) is 4.55. The van der Waals surface area contributed by atoms with E-state index in [4.69, 9.17) is 0 Å². The van der Waals surface area contributed by atoms with Crippen LogP contribution in [-0.2, 0) is 6.42 Å². The molecule has 2 heterocycles. The Morgan fingerprint density at radius 3 is 2.77 bits per heavy atom. The first-order valence-corrected chi connectivity index (χ1v) is 10.3. The van der Waals surface area contributed by atoms with E-state index in [9.17, 15) is 4.79 Å². The van der Waals surface area contributed by atoms with Gasteiger partial charge in [-0.25, -0.2) is 15.1 Å². The molecule has 0 fully saturated rings. The van der Waals surface area contributed by atoms with E-state index in [2.05, 4.69) is 50.1 Å². The quantitative estimate of drug-likeness (QED) is 0.382. The van der Waals surface area contributed by atoms with Crippen LogP contribution in [0.3, 0.4) is 0 Å². The first-order valence-electron chi connectivity index (χ1n) is 9.37. The number of aryl methyl sites for hydroxylation is 1. The summed E-state index contributed by atoms with van der Waals surface area (Å²) in [5.74, 6) is -0.348. The number of rotatable bonds is 6. The zero-order valence-electron chi connectivity index (χ0n) is 16.5. The standard InChI is InChI=1S/C21H19N7OS/c1-3-15-7-9-16(10-8-15)21-23-19(12-30-21)20(29)25-24-14(2)17-5-4-6-18(11-17)28-13-22-26-27-28/h4-13H,3H2,1-2H3,(H,25,29)/b24-14-. The highest BCUT2D eigenvalue weighted by Crippen LogP contribution is 2.24. The number of hydrogen-bond acceptors (Lipinski definition) is 7. The van der Waals surface area contributed by atoms with E-state index >= 15 is 0 Å². The zero-order valence-corrected chi connectivity index (χ0v) is 17.3. The lowest BCUT2D eigenvalue weighted by atomic mass is 10.1. The molecule has 2 aromatic carbocycles. The summed E-state index contributed by atoms with van der Waals surface area (Å²) in [4.78, 5) is 16.9. The molecule has 0 aliphatic heterocycles. The molecule has 0 saturated carbocycles. The summed E-state index contributed by atoms with van der Waals surface area (Å²) in [6.45, 7) is 3.94. The third-order valence-corrected chi connectivity index (χ3v) is 5.44. The summed E-state index contributed by atoms with van der Waals surface area (Å²) in [7, 11) is 0. The van der Waals surface area contributed by atoms with Crippen LogP contribution in [0.1, 0.15) is 35.5 Å². The van der Waals surface area contributed by atoms with E-state index < -0.39 is 0 Å². The molecule has 4 rings (SSSR count). The maximum Gasteiger partial charge on any atom is 0.290 e. The van der Waals surface area contributed by atoms with Crippen LogP contribution in [-0.4, -0.2) is 36.8 Å². The van der Waals surface area contributed by atoms with Crippen molar-refractivity contribution in [3.63, 3.8) is 0 Å². The third kappa shape index (κ3) is 4.31. The van der Waals surface area contributed by atoms with Crippen LogP contribution in [0.15, 0.2) is 65.3 Å². The largest absolute Gasteiger partial charge is 0.290 e. The molecule has 0 saturated heterocycles. The number of nitrogens with one attached hydrogen (secondary N) is 1. The molecule has 9 heteroatoms. The van der Waals surface area contributed by atoms with Crippen LogP contribution in [0, 0.1) is 0 Å². The molecule has 0 bridgehead atoms. The fourth-order valence-corrected chi connectivity index (χ4v) is 3.61. The molecular formula is C21H19N7OS. The molecule has 0 atom stereocenters. The second kappa shape index (κ2) is 8.75. The molecule has 4 aromatic rings. The topological polar surface area (TPSA) is 98.0 Å². The fourth-order valence-electron chi connectivity index (χ4n) is 2.80. The van der Waals surface area contributed by atoms with E-state index in [0.29, 0.717) is 11.4 Å². The Labute approximate surface area is 177 Å². The van der Waals surface area contributed by atoms with Gasteiger partial charge in [-0.2, -0.15) is 5.10 Å². The van der Waals surface area contributed by atoms with Crippen molar-refractivity contribution in [1.82, 2.24) is 30.6 Å². The lowest BCUT2D eigenvalue weighted by Gasteiger charge is -2.04. The van der Waals surface area contributed by atoms with Gasteiger partial charge in [0.25, 0.3) is 5.91 Å². The first kappa shape index (κ1) is 19.6. The molecule has 0 radical (unpaired) electrons. The lowest BCUT2D eigenvalue weighted by Crippen LogP contribution is -2.19. The van der Waals surface area contributed by atoms with Crippen molar-refractivity contribution in [2.24, 2.45) is 5.10 Å². The van der Waals surface area contributed by atoms with Crippen molar-refractivity contribution < 1.29 is 4.79 Å². The fraction of sp³-hybridized carbons (Fsp3) is 0.143. The maximum absolute atomic E-state index is 12.5. The molecule has 0 unspecified atom stereocenters. The van der Waals surface area contributed by atoms with Crippen molar-refractivity contribution in [3.8, 4) is 16.3 Å². The number of hydrazone groups is 1. The normalized spacial score (nSPS) is 11.5. The lowest BCUT2D eigenvalue weighted by molar-refractivity contribution is 0.0950. The summed E-state index contributed by atoms with van der Waals surface area (Å²) >= 11 is 1.43. The van der Waals surface area contributed by atoms with Gasteiger partial charge >= 0.3 is 0 Å². The number of hydrogen-bond donors (Lipinski definition) is 1. The maximum atomic E-state index is 12.5. The van der Waals surface area contributed by atoms with Gasteiger partial charge < -0.3 is 0 Å². The van der Waals surface area contributed by atoms with Crippen molar-refractivity contribution in [2.45, 2.75) is 20.3 Å². The average Bonchev–Trinajstić information content (AvgIpc) is 3.50. The molecule has 8 nitrogen and oxygen atoms in total. The van der Waals surface area contributed by atoms with Crippen LogP contribution < -0.4 is 5.43 Å². The Morgan fingerprint density at radius 1 is 1.20 bits per heavy atom. The van der Waals surface area contributed by atoms with Gasteiger partial charge in [-0.05, 0) is 47.0 Å². The molecule has 0 spiro atoms. The SMILES string of the molecule is CCc1ccc(-c2nc(C(=O)N/N=C(/C)c3cccc(-n4cnnn4)c3)cs2)cc1. The monoisotopic (exact) mass is 417 g/mol. The van der Waals surface area contributed by atoms with Gasteiger partial charge in [-0.15, -0.1) is 16.4 Å². The van der Waals surface area contributed by atoms with E-state index in [1.807, 2.05) is 43.3 Å². The van der Waals surface area contributed by atoms with Crippen molar-refractivity contribution in [1.29, 1.82) is 0 Å². The number of carbonyl (C=O) groups is 1. The molecule has 2 aromatic heterocycles. The van der Waals surface area contributed by atoms with E-state index in [1.165, 1.54) is 23.2 Å². The van der Waals surface area contributed by atoms with Crippen LogP contribution in [0.5, 0.6) is 0 Å². The van der Waals surface area contributed by atoms with E-state index in [1.54, 1.807) is 10.1 Å².